The van der Waals surface area contributed by atoms with E-state index in [0.29, 0.717) is 17.6 Å². The molecular weight excluding hydrogens is 159 g/mol. The SMILES string of the molecule is O=Cc1ccccc1OCCF. The Kier molecular flexibility index (Phi) is 3.26. The molecule has 0 amide bonds. The molecule has 0 unspecified atom stereocenters. The number of carbonyl (C=O) groups excluding carboxylic acids is 1. The molecule has 1 rings (SSSR count). The zero-order valence-electron chi connectivity index (χ0n) is 6.50. The van der Waals surface area contributed by atoms with E-state index in [1.165, 1.54) is 0 Å². The van der Waals surface area contributed by atoms with Gasteiger partial charge in [0.25, 0.3) is 0 Å². The maximum Gasteiger partial charge on any atom is 0.153 e. The fraction of sp³-hybridized carbons (Fsp3) is 0.222. The van der Waals surface area contributed by atoms with Crippen LogP contribution in [-0.2, 0) is 0 Å². The lowest BCUT2D eigenvalue weighted by atomic mass is 10.2. The average Bonchev–Trinajstić information content (AvgIpc) is 2.15. The van der Waals surface area contributed by atoms with Crippen LogP contribution in [0.3, 0.4) is 0 Å². The number of benzene rings is 1. The Morgan fingerprint density at radius 2 is 2.17 bits per heavy atom. The van der Waals surface area contributed by atoms with E-state index in [-0.39, 0.29) is 6.61 Å². The standard InChI is InChI=1S/C9H9FO2/c10-5-6-12-9-4-2-1-3-8(9)7-11/h1-4,7H,5-6H2. The maximum atomic E-state index is 11.7. The highest BCUT2D eigenvalue weighted by Gasteiger charge is 1.99. The van der Waals surface area contributed by atoms with Crippen molar-refractivity contribution >= 4 is 6.29 Å². The molecule has 0 saturated heterocycles. The molecule has 0 spiro atoms. The second-order valence-electron chi connectivity index (χ2n) is 2.19. The number of carbonyl (C=O) groups is 1. The van der Waals surface area contributed by atoms with Crippen molar-refractivity contribution in [3.05, 3.63) is 29.8 Å². The molecule has 0 aliphatic carbocycles. The lowest BCUT2D eigenvalue weighted by Crippen LogP contribution is -2.00. The number of ether oxygens (including phenoxy) is 1. The van der Waals surface area contributed by atoms with Gasteiger partial charge in [0.2, 0.25) is 0 Å². The first-order valence-corrected chi connectivity index (χ1v) is 3.61. The van der Waals surface area contributed by atoms with Crippen LogP contribution >= 0.6 is 0 Å². The molecule has 1 aromatic carbocycles. The van der Waals surface area contributed by atoms with Gasteiger partial charge in [-0.1, -0.05) is 12.1 Å². The molecule has 0 heterocycles. The number of alkyl halides is 1. The van der Waals surface area contributed by atoms with Gasteiger partial charge in [0.1, 0.15) is 19.0 Å². The molecule has 1 aromatic rings. The third-order valence-electron chi connectivity index (χ3n) is 1.38. The quantitative estimate of drug-likeness (QED) is 0.641. The minimum Gasteiger partial charge on any atom is -0.490 e. The topological polar surface area (TPSA) is 26.3 Å². The van der Waals surface area contributed by atoms with Crippen molar-refractivity contribution in [2.45, 2.75) is 0 Å². The van der Waals surface area contributed by atoms with Gasteiger partial charge < -0.3 is 4.74 Å². The third kappa shape index (κ3) is 2.05. The van der Waals surface area contributed by atoms with Crippen molar-refractivity contribution in [3.8, 4) is 5.75 Å². The summed E-state index contributed by atoms with van der Waals surface area (Å²) in [6, 6.07) is 6.73. The first kappa shape index (κ1) is 8.71. The first-order valence-electron chi connectivity index (χ1n) is 3.61. The molecule has 2 nitrogen and oxygen atoms in total. The summed E-state index contributed by atoms with van der Waals surface area (Å²) in [6.07, 6.45) is 0.688. The van der Waals surface area contributed by atoms with Crippen LogP contribution in [0, 0.1) is 0 Å². The summed E-state index contributed by atoms with van der Waals surface area (Å²) in [7, 11) is 0. The zero-order valence-corrected chi connectivity index (χ0v) is 6.50. The Bertz CT molecular complexity index is 260. The summed E-state index contributed by atoms with van der Waals surface area (Å²) in [6.45, 7) is -0.557. The largest absolute Gasteiger partial charge is 0.490 e. The molecule has 0 radical (unpaired) electrons. The summed E-state index contributed by atoms with van der Waals surface area (Å²) in [4.78, 5) is 10.4. The molecule has 0 fully saturated rings. The van der Waals surface area contributed by atoms with Gasteiger partial charge in [-0.2, -0.15) is 0 Å². The number of aldehydes is 1. The van der Waals surface area contributed by atoms with E-state index in [0.717, 1.165) is 0 Å². The van der Waals surface area contributed by atoms with E-state index in [1.54, 1.807) is 24.3 Å². The van der Waals surface area contributed by atoms with Crippen LogP contribution in [0.25, 0.3) is 0 Å². The van der Waals surface area contributed by atoms with Gasteiger partial charge in [0.15, 0.2) is 6.29 Å². The number of para-hydroxylation sites is 1. The summed E-state index contributed by atoms with van der Waals surface area (Å²) in [5, 5.41) is 0. The molecule has 0 bridgehead atoms. The number of rotatable bonds is 4. The molecule has 0 aromatic heterocycles. The van der Waals surface area contributed by atoms with Gasteiger partial charge in [-0.15, -0.1) is 0 Å². The molecule has 64 valence electrons. The smallest absolute Gasteiger partial charge is 0.153 e. The zero-order chi connectivity index (χ0) is 8.81. The van der Waals surface area contributed by atoms with Crippen molar-refractivity contribution in [3.63, 3.8) is 0 Å². The van der Waals surface area contributed by atoms with Crippen molar-refractivity contribution < 1.29 is 13.9 Å². The predicted octanol–water partition coefficient (Wildman–Crippen LogP) is 1.85. The van der Waals surface area contributed by atoms with E-state index in [2.05, 4.69) is 0 Å². The van der Waals surface area contributed by atoms with Crippen molar-refractivity contribution in [1.29, 1.82) is 0 Å². The van der Waals surface area contributed by atoms with Gasteiger partial charge >= 0.3 is 0 Å². The van der Waals surface area contributed by atoms with Crippen LogP contribution in [0.15, 0.2) is 24.3 Å². The van der Waals surface area contributed by atoms with E-state index in [1.807, 2.05) is 0 Å². The van der Waals surface area contributed by atoms with Crippen LogP contribution in [0.1, 0.15) is 10.4 Å². The molecule has 0 aliphatic rings. The van der Waals surface area contributed by atoms with Crippen LogP contribution in [0.4, 0.5) is 4.39 Å². The second-order valence-corrected chi connectivity index (χ2v) is 2.19. The molecule has 0 aliphatic heterocycles. The Morgan fingerprint density at radius 3 is 2.83 bits per heavy atom. The summed E-state index contributed by atoms with van der Waals surface area (Å²) >= 11 is 0. The summed E-state index contributed by atoms with van der Waals surface area (Å²) < 4.78 is 16.7. The van der Waals surface area contributed by atoms with Crippen LogP contribution in [0.2, 0.25) is 0 Å². The van der Waals surface area contributed by atoms with E-state index < -0.39 is 6.67 Å². The van der Waals surface area contributed by atoms with Crippen molar-refractivity contribution in [2.24, 2.45) is 0 Å². The fourth-order valence-corrected chi connectivity index (χ4v) is 0.858. The van der Waals surface area contributed by atoms with Crippen LogP contribution in [-0.4, -0.2) is 19.6 Å². The van der Waals surface area contributed by atoms with Gasteiger partial charge in [-0.25, -0.2) is 4.39 Å². The fourth-order valence-electron chi connectivity index (χ4n) is 0.858. The van der Waals surface area contributed by atoms with Crippen molar-refractivity contribution in [2.75, 3.05) is 13.3 Å². The van der Waals surface area contributed by atoms with Gasteiger partial charge in [-0.3, -0.25) is 4.79 Å². The molecular formula is C9H9FO2. The number of halogens is 1. The lowest BCUT2D eigenvalue weighted by Gasteiger charge is -2.04. The third-order valence-corrected chi connectivity index (χ3v) is 1.38. The second kappa shape index (κ2) is 4.49. The van der Waals surface area contributed by atoms with E-state index >= 15 is 0 Å². The Hall–Kier alpha value is -1.38. The van der Waals surface area contributed by atoms with Gasteiger partial charge in [-0.05, 0) is 12.1 Å². The Morgan fingerprint density at radius 1 is 1.42 bits per heavy atom. The summed E-state index contributed by atoms with van der Waals surface area (Å²) in [5.41, 5.74) is 0.450. The first-order chi connectivity index (χ1) is 5.88. The monoisotopic (exact) mass is 168 g/mol. The van der Waals surface area contributed by atoms with Crippen molar-refractivity contribution in [1.82, 2.24) is 0 Å². The highest BCUT2D eigenvalue weighted by atomic mass is 19.1. The molecule has 0 N–H and O–H groups in total. The van der Waals surface area contributed by atoms with Crippen LogP contribution < -0.4 is 4.74 Å². The Labute approximate surface area is 70.0 Å². The lowest BCUT2D eigenvalue weighted by molar-refractivity contribution is 0.111. The minimum absolute atomic E-state index is 0.00907. The molecule has 0 atom stereocenters. The van der Waals surface area contributed by atoms with Crippen LogP contribution in [0.5, 0.6) is 5.75 Å². The maximum absolute atomic E-state index is 11.7. The van der Waals surface area contributed by atoms with E-state index in [9.17, 15) is 9.18 Å². The normalized spacial score (nSPS) is 9.42. The highest BCUT2D eigenvalue weighted by Crippen LogP contribution is 2.14. The summed E-state index contributed by atoms with van der Waals surface area (Å²) in [5.74, 6) is 0.435. The van der Waals surface area contributed by atoms with Gasteiger partial charge in [0, 0.05) is 0 Å². The van der Waals surface area contributed by atoms with E-state index in [4.69, 9.17) is 4.74 Å². The molecule has 0 saturated carbocycles. The molecule has 3 heteroatoms. The Balaban J connectivity index is 2.75. The predicted molar refractivity (Wildman–Crippen MR) is 43.3 cm³/mol. The highest BCUT2D eigenvalue weighted by molar-refractivity contribution is 5.79. The molecule has 12 heavy (non-hydrogen) atoms. The average molecular weight is 168 g/mol. The minimum atomic E-state index is -0.548. The van der Waals surface area contributed by atoms with Gasteiger partial charge in [0.05, 0.1) is 5.56 Å². The number of hydrogen-bond donors (Lipinski definition) is 0. The number of hydrogen-bond acceptors (Lipinski definition) is 2.